The van der Waals surface area contributed by atoms with Gasteiger partial charge in [-0.3, -0.25) is 9.59 Å². The molecule has 0 saturated heterocycles. The van der Waals surface area contributed by atoms with Crippen LogP contribution in [0.2, 0.25) is 0 Å². The molecule has 0 atom stereocenters. The van der Waals surface area contributed by atoms with Crippen molar-refractivity contribution >= 4 is 11.8 Å². The highest BCUT2D eigenvalue weighted by Crippen LogP contribution is 2.21. The largest absolute Gasteiger partial charge is 0.491 e. The summed E-state index contributed by atoms with van der Waals surface area (Å²) in [4.78, 5) is 24.5. The molecule has 0 fully saturated rings. The van der Waals surface area contributed by atoms with Gasteiger partial charge in [0, 0.05) is 17.7 Å². The Labute approximate surface area is 189 Å². The normalized spacial score (nSPS) is 10.2. The molecule has 2 N–H and O–H groups in total. The van der Waals surface area contributed by atoms with E-state index in [1.807, 2.05) is 6.07 Å². The van der Waals surface area contributed by atoms with E-state index in [0.717, 1.165) is 0 Å². The number of rotatable bonds is 8. The zero-order chi connectivity index (χ0) is 23.8. The Morgan fingerprint density at radius 2 is 1.76 bits per heavy atom. The van der Waals surface area contributed by atoms with E-state index in [1.165, 1.54) is 42.5 Å². The predicted molar refractivity (Wildman–Crippen MR) is 118 cm³/mol. The van der Waals surface area contributed by atoms with Crippen molar-refractivity contribution in [3.8, 4) is 11.8 Å². The molecule has 6 nitrogen and oxygen atoms in total. The highest BCUT2D eigenvalue weighted by Gasteiger charge is 2.12. The Hall–Kier alpha value is -4.25. The van der Waals surface area contributed by atoms with Gasteiger partial charge in [0.15, 0.2) is 0 Å². The molecule has 0 heterocycles. The molecule has 33 heavy (non-hydrogen) atoms. The second kappa shape index (κ2) is 10.9. The fourth-order valence-electron chi connectivity index (χ4n) is 3.03. The van der Waals surface area contributed by atoms with Crippen LogP contribution in [0, 0.1) is 29.9 Å². The average molecular weight is 449 g/mol. The molecule has 168 valence electrons. The van der Waals surface area contributed by atoms with E-state index in [1.54, 1.807) is 25.1 Å². The van der Waals surface area contributed by atoms with Crippen molar-refractivity contribution < 1.29 is 23.1 Å². The molecule has 0 aliphatic carbocycles. The van der Waals surface area contributed by atoms with Gasteiger partial charge in [0.1, 0.15) is 24.0 Å². The summed E-state index contributed by atoms with van der Waals surface area (Å²) in [5.74, 6) is -1.59. The van der Waals surface area contributed by atoms with Gasteiger partial charge in [-0.15, -0.1) is 0 Å². The molecule has 0 aromatic heterocycles. The van der Waals surface area contributed by atoms with Crippen molar-refractivity contribution in [2.24, 2.45) is 0 Å². The number of aryl methyl sites for hydroxylation is 1. The van der Waals surface area contributed by atoms with Crippen molar-refractivity contribution in [1.82, 2.24) is 10.6 Å². The van der Waals surface area contributed by atoms with E-state index in [9.17, 15) is 18.4 Å². The second-order valence-corrected chi connectivity index (χ2v) is 7.17. The van der Waals surface area contributed by atoms with Gasteiger partial charge in [0.05, 0.1) is 23.7 Å². The van der Waals surface area contributed by atoms with Crippen molar-refractivity contribution in [3.63, 3.8) is 0 Å². The van der Waals surface area contributed by atoms with Crippen LogP contribution in [0.5, 0.6) is 5.75 Å². The number of nitrogens with zero attached hydrogens (tertiary/aromatic N) is 1. The van der Waals surface area contributed by atoms with Crippen molar-refractivity contribution in [2.75, 3.05) is 13.2 Å². The number of carbonyl (C=O) groups is 2. The zero-order valence-electron chi connectivity index (χ0n) is 17.8. The van der Waals surface area contributed by atoms with E-state index >= 15 is 0 Å². The summed E-state index contributed by atoms with van der Waals surface area (Å²) in [7, 11) is 0. The van der Waals surface area contributed by atoms with Gasteiger partial charge < -0.3 is 15.4 Å². The minimum absolute atomic E-state index is 0.0627. The number of nitrogens with one attached hydrogen (secondary N) is 2. The molecule has 0 saturated carbocycles. The van der Waals surface area contributed by atoms with Crippen LogP contribution in [0.3, 0.4) is 0 Å². The minimum Gasteiger partial charge on any atom is -0.491 e. The first-order valence-electron chi connectivity index (χ1n) is 10.1. The summed E-state index contributed by atoms with van der Waals surface area (Å²) < 4.78 is 32.8. The lowest BCUT2D eigenvalue weighted by Crippen LogP contribution is -2.29. The maximum atomic E-state index is 13.7. The third kappa shape index (κ3) is 6.14. The molecule has 0 aliphatic rings. The smallest absolute Gasteiger partial charge is 0.254 e. The Morgan fingerprint density at radius 1 is 0.970 bits per heavy atom. The molecule has 0 radical (unpaired) electrons. The van der Waals surface area contributed by atoms with E-state index in [0.29, 0.717) is 28.0 Å². The lowest BCUT2D eigenvalue weighted by atomic mass is 10.1. The number of carbonyl (C=O) groups excluding carboxylic acids is 2. The Bertz CT molecular complexity index is 1220. The molecule has 3 aromatic rings. The highest BCUT2D eigenvalue weighted by atomic mass is 19.1. The molecular formula is C25H21F2N3O3. The molecule has 0 unspecified atom stereocenters. The summed E-state index contributed by atoms with van der Waals surface area (Å²) in [6.07, 6.45) is 0. The van der Waals surface area contributed by atoms with Crippen LogP contribution in [0.1, 0.15) is 37.4 Å². The molecule has 3 rings (SSSR count). The second-order valence-electron chi connectivity index (χ2n) is 7.17. The van der Waals surface area contributed by atoms with Gasteiger partial charge in [0.25, 0.3) is 11.8 Å². The Balaban J connectivity index is 1.60. The standard InChI is InChI=1S/C25H21F2N3O3/c1-16-12-18(8-9-21(16)26)24(31)30-15-19-7-6-17(14-28)13-23(19)33-11-10-29-25(32)20-4-2-3-5-22(20)27/h2-9,12-13H,10-11,15H2,1H3,(H,29,32)(H,30,31). The van der Waals surface area contributed by atoms with Gasteiger partial charge >= 0.3 is 0 Å². The summed E-state index contributed by atoms with van der Waals surface area (Å²) in [5.41, 5.74) is 1.60. The first-order valence-corrected chi connectivity index (χ1v) is 10.1. The average Bonchev–Trinajstić information content (AvgIpc) is 2.82. The number of hydrogen-bond donors (Lipinski definition) is 2. The highest BCUT2D eigenvalue weighted by molar-refractivity contribution is 5.94. The lowest BCUT2D eigenvalue weighted by Gasteiger charge is -2.14. The summed E-state index contributed by atoms with van der Waals surface area (Å²) in [6, 6.07) is 16.5. The molecular weight excluding hydrogens is 428 g/mol. The van der Waals surface area contributed by atoms with E-state index in [2.05, 4.69) is 10.6 Å². The van der Waals surface area contributed by atoms with Crippen LogP contribution in [0.15, 0.2) is 60.7 Å². The van der Waals surface area contributed by atoms with E-state index in [4.69, 9.17) is 10.00 Å². The number of benzene rings is 3. The summed E-state index contributed by atoms with van der Waals surface area (Å²) in [5, 5.41) is 14.5. The molecule has 3 aromatic carbocycles. The van der Waals surface area contributed by atoms with Crippen LogP contribution in [-0.2, 0) is 6.54 Å². The minimum atomic E-state index is -0.619. The van der Waals surface area contributed by atoms with Crippen molar-refractivity contribution in [2.45, 2.75) is 13.5 Å². The van der Waals surface area contributed by atoms with Crippen LogP contribution in [0.25, 0.3) is 0 Å². The van der Waals surface area contributed by atoms with Crippen molar-refractivity contribution in [1.29, 1.82) is 5.26 Å². The number of hydrogen-bond acceptors (Lipinski definition) is 4. The molecule has 2 amide bonds. The quantitative estimate of drug-likeness (QED) is 0.511. The van der Waals surface area contributed by atoms with Gasteiger partial charge in [-0.25, -0.2) is 8.78 Å². The topological polar surface area (TPSA) is 91.2 Å². The zero-order valence-corrected chi connectivity index (χ0v) is 17.8. The van der Waals surface area contributed by atoms with Crippen LogP contribution in [0.4, 0.5) is 8.78 Å². The third-order valence-corrected chi connectivity index (χ3v) is 4.82. The maximum absolute atomic E-state index is 13.7. The number of nitriles is 1. The van der Waals surface area contributed by atoms with Gasteiger partial charge in [-0.05, 0) is 55.0 Å². The van der Waals surface area contributed by atoms with Crippen molar-refractivity contribution in [3.05, 3.63) is 100 Å². The Kier molecular flexibility index (Phi) is 7.71. The SMILES string of the molecule is Cc1cc(C(=O)NCc2ccc(C#N)cc2OCCNC(=O)c2ccccc2F)ccc1F. The third-order valence-electron chi connectivity index (χ3n) is 4.82. The first kappa shape index (κ1) is 23.4. The Morgan fingerprint density at radius 3 is 2.48 bits per heavy atom. The number of ether oxygens (including phenoxy) is 1. The van der Waals surface area contributed by atoms with E-state index in [-0.39, 0.29) is 31.2 Å². The maximum Gasteiger partial charge on any atom is 0.254 e. The van der Waals surface area contributed by atoms with Crippen LogP contribution >= 0.6 is 0 Å². The summed E-state index contributed by atoms with van der Waals surface area (Å²) >= 11 is 0. The summed E-state index contributed by atoms with van der Waals surface area (Å²) in [6.45, 7) is 1.85. The fraction of sp³-hybridized carbons (Fsp3) is 0.160. The molecule has 8 heteroatoms. The molecule has 0 aliphatic heterocycles. The first-order chi connectivity index (χ1) is 15.9. The van der Waals surface area contributed by atoms with Gasteiger partial charge in [-0.2, -0.15) is 5.26 Å². The van der Waals surface area contributed by atoms with Gasteiger partial charge in [-0.1, -0.05) is 18.2 Å². The number of halogens is 2. The molecule has 0 spiro atoms. The number of amides is 2. The monoisotopic (exact) mass is 449 g/mol. The fourth-order valence-corrected chi connectivity index (χ4v) is 3.03. The molecule has 0 bridgehead atoms. The van der Waals surface area contributed by atoms with E-state index < -0.39 is 17.5 Å². The lowest BCUT2D eigenvalue weighted by molar-refractivity contribution is 0.0935. The van der Waals surface area contributed by atoms with Crippen LogP contribution in [-0.4, -0.2) is 25.0 Å². The van der Waals surface area contributed by atoms with Gasteiger partial charge in [0.2, 0.25) is 0 Å². The van der Waals surface area contributed by atoms with Crippen LogP contribution < -0.4 is 15.4 Å². The predicted octanol–water partition coefficient (Wildman–Crippen LogP) is 3.88.